The third-order valence-electron chi connectivity index (χ3n) is 3.83. The fourth-order valence-electron chi connectivity index (χ4n) is 2.60. The van der Waals surface area contributed by atoms with Crippen LogP contribution in [0.1, 0.15) is 46.0 Å². The number of nitrogens with one attached hydrogen (secondary N) is 1. The highest BCUT2D eigenvalue weighted by Gasteiger charge is 2.14. The zero-order valence-electron chi connectivity index (χ0n) is 13.6. The van der Waals surface area contributed by atoms with Crippen LogP contribution >= 0.6 is 11.6 Å². The van der Waals surface area contributed by atoms with Crippen LogP contribution in [0.25, 0.3) is 11.1 Å². The molecule has 6 heteroatoms. The lowest BCUT2D eigenvalue weighted by Crippen LogP contribution is -2.36. The van der Waals surface area contributed by atoms with Crippen LogP contribution < -0.4 is 11.1 Å². The number of hydrogen-bond donors (Lipinski definition) is 1. The minimum Gasteiger partial charge on any atom is -0.408 e. The number of hydrogen-bond acceptors (Lipinski definition) is 3. The van der Waals surface area contributed by atoms with Crippen molar-refractivity contribution in [2.75, 3.05) is 0 Å². The number of aromatic nitrogens is 1. The van der Waals surface area contributed by atoms with Gasteiger partial charge >= 0.3 is 5.76 Å². The second-order valence-corrected chi connectivity index (χ2v) is 6.32. The lowest BCUT2D eigenvalue weighted by atomic mass is 10.1. The third kappa shape index (κ3) is 4.86. The number of nitrogens with zero attached hydrogens (tertiary/aromatic N) is 1. The molecule has 2 aromatic rings. The summed E-state index contributed by atoms with van der Waals surface area (Å²) in [5.41, 5.74) is 0.966. The molecule has 0 bridgehead atoms. The van der Waals surface area contributed by atoms with E-state index in [1.807, 2.05) is 6.92 Å². The maximum absolute atomic E-state index is 12.1. The molecule has 1 atom stereocenters. The summed E-state index contributed by atoms with van der Waals surface area (Å²) in [4.78, 5) is 24.0. The normalized spacial score (nSPS) is 12.5. The Labute approximate surface area is 140 Å². The Bertz CT molecular complexity index is 720. The number of unbranched alkanes of at least 4 members (excludes halogenated alkanes) is 3. The number of benzene rings is 1. The Kier molecular flexibility index (Phi) is 6.28. The summed E-state index contributed by atoms with van der Waals surface area (Å²) in [6.45, 7) is 4.11. The van der Waals surface area contributed by atoms with Gasteiger partial charge in [0, 0.05) is 17.1 Å². The SMILES string of the molecule is CCCCCC[C@@H](C)NC(=O)Cn1c(=O)oc2cc(Cl)ccc21. The Morgan fingerprint density at radius 1 is 1.35 bits per heavy atom. The van der Waals surface area contributed by atoms with Gasteiger partial charge in [0.1, 0.15) is 6.54 Å². The summed E-state index contributed by atoms with van der Waals surface area (Å²) < 4.78 is 6.44. The van der Waals surface area contributed by atoms with Gasteiger partial charge in [-0.15, -0.1) is 0 Å². The molecule has 0 spiro atoms. The zero-order chi connectivity index (χ0) is 16.8. The molecule has 0 aliphatic rings. The topological polar surface area (TPSA) is 64.2 Å². The van der Waals surface area contributed by atoms with Gasteiger partial charge in [-0.3, -0.25) is 9.36 Å². The van der Waals surface area contributed by atoms with Gasteiger partial charge in [-0.2, -0.15) is 0 Å². The van der Waals surface area contributed by atoms with Crippen molar-refractivity contribution in [3.05, 3.63) is 33.8 Å². The Hall–Kier alpha value is -1.75. The Morgan fingerprint density at radius 3 is 2.87 bits per heavy atom. The summed E-state index contributed by atoms with van der Waals surface area (Å²) in [5, 5.41) is 3.42. The summed E-state index contributed by atoms with van der Waals surface area (Å²) in [5.74, 6) is -0.735. The molecule has 23 heavy (non-hydrogen) atoms. The molecule has 0 radical (unpaired) electrons. The number of oxazole rings is 1. The quantitative estimate of drug-likeness (QED) is 0.746. The van der Waals surface area contributed by atoms with Crippen molar-refractivity contribution in [3.63, 3.8) is 0 Å². The molecule has 1 aromatic heterocycles. The summed E-state index contributed by atoms with van der Waals surface area (Å²) >= 11 is 5.88. The molecule has 0 aliphatic heterocycles. The molecule has 1 heterocycles. The van der Waals surface area contributed by atoms with Gasteiger partial charge in [0.25, 0.3) is 0 Å². The second kappa shape index (κ2) is 8.20. The first-order chi connectivity index (χ1) is 11.0. The molecular formula is C17H23ClN2O3. The van der Waals surface area contributed by atoms with Crippen molar-refractivity contribution >= 4 is 28.6 Å². The molecule has 1 amide bonds. The largest absolute Gasteiger partial charge is 0.420 e. The molecule has 0 fully saturated rings. The third-order valence-corrected chi connectivity index (χ3v) is 4.07. The van der Waals surface area contributed by atoms with E-state index in [0.29, 0.717) is 16.1 Å². The highest BCUT2D eigenvalue weighted by molar-refractivity contribution is 6.31. The van der Waals surface area contributed by atoms with Gasteiger partial charge in [-0.25, -0.2) is 4.79 Å². The fraction of sp³-hybridized carbons (Fsp3) is 0.529. The van der Waals surface area contributed by atoms with E-state index in [9.17, 15) is 9.59 Å². The first-order valence-corrected chi connectivity index (χ1v) is 8.47. The number of carbonyl (C=O) groups excluding carboxylic acids is 1. The molecule has 0 aliphatic carbocycles. The minimum absolute atomic E-state index is 0.0488. The van der Waals surface area contributed by atoms with Gasteiger partial charge in [0.05, 0.1) is 5.52 Å². The minimum atomic E-state index is -0.548. The van der Waals surface area contributed by atoms with Crippen LogP contribution in [0.5, 0.6) is 0 Å². The number of carbonyl (C=O) groups is 1. The molecule has 2 rings (SSSR count). The van der Waals surface area contributed by atoms with Crippen molar-refractivity contribution in [1.29, 1.82) is 0 Å². The van der Waals surface area contributed by atoms with Crippen LogP contribution in [0.4, 0.5) is 0 Å². The lowest BCUT2D eigenvalue weighted by Gasteiger charge is -2.13. The predicted molar refractivity (Wildman–Crippen MR) is 91.8 cm³/mol. The highest BCUT2D eigenvalue weighted by Crippen LogP contribution is 2.18. The van der Waals surface area contributed by atoms with E-state index in [1.54, 1.807) is 18.2 Å². The molecule has 1 aromatic carbocycles. The van der Waals surface area contributed by atoms with E-state index in [1.165, 1.54) is 23.8 Å². The number of amides is 1. The van der Waals surface area contributed by atoms with E-state index in [-0.39, 0.29) is 18.5 Å². The average molecular weight is 339 g/mol. The van der Waals surface area contributed by atoms with Gasteiger partial charge in [-0.05, 0) is 25.5 Å². The zero-order valence-corrected chi connectivity index (χ0v) is 14.4. The first kappa shape index (κ1) is 17.6. The molecule has 1 N–H and O–H groups in total. The van der Waals surface area contributed by atoms with Crippen LogP contribution in [0, 0.1) is 0 Å². The van der Waals surface area contributed by atoms with Gasteiger partial charge in [-0.1, -0.05) is 44.2 Å². The van der Waals surface area contributed by atoms with E-state index in [0.717, 1.165) is 12.8 Å². The first-order valence-electron chi connectivity index (χ1n) is 8.09. The molecular weight excluding hydrogens is 316 g/mol. The Morgan fingerprint density at radius 2 is 2.13 bits per heavy atom. The maximum Gasteiger partial charge on any atom is 0.420 e. The van der Waals surface area contributed by atoms with Crippen molar-refractivity contribution in [1.82, 2.24) is 9.88 Å². The van der Waals surface area contributed by atoms with Gasteiger partial charge < -0.3 is 9.73 Å². The number of fused-ring (bicyclic) bond motifs is 1. The highest BCUT2D eigenvalue weighted by atomic mass is 35.5. The monoisotopic (exact) mass is 338 g/mol. The number of rotatable bonds is 8. The van der Waals surface area contributed by atoms with E-state index < -0.39 is 5.76 Å². The summed E-state index contributed by atoms with van der Waals surface area (Å²) in [6, 6.07) is 5.03. The van der Waals surface area contributed by atoms with Crippen molar-refractivity contribution in [3.8, 4) is 0 Å². The van der Waals surface area contributed by atoms with E-state index >= 15 is 0 Å². The predicted octanol–water partition coefficient (Wildman–Crippen LogP) is 3.72. The van der Waals surface area contributed by atoms with Crippen LogP contribution in [-0.2, 0) is 11.3 Å². The van der Waals surface area contributed by atoms with Gasteiger partial charge in [0.2, 0.25) is 5.91 Å². The molecule has 0 saturated heterocycles. The maximum atomic E-state index is 12.1. The Balaban J connectivity index is 1.95. The number of halogens is 1. The summed E-state index contributed by atoms with van der Waals surface area (Å²) in [7, 11) is 0. The van der Waals surface area contributed by atoms with Crippen LogP contribution in [-0.4, -0.2) is 16.5 Å². The smallest absolute Gasteiger partial charge is 0.408 e. The van der Waals surface area contributed by atoms with Gasteiger partial charge in [0.15, 0.2) is 5.58 Å². The molecule has 0 saturated carbocycles. The van der Waals surface area contributed by atoms with Crippen LogP contribution in [0.15, 0.2) is 27.4 Å². The van der Waals surface area contributed by atoms with E-state index in [4.69, 9.17) is 16.0 Å². The lowest BCUT2D eigenvalue weighted by molar-refractivity contribution is -0.122. The average Bonchev–Trinajstić information content (AvgIpc) is 2.78. The van der Waals surface area contributed by atoms with Crippen molar-refractivity contribution in [2.45, 2.75) is 58.5 Å². The fourth-order valence-corrected chi connectivity index (χ4v) is 2.77. The summed E-state index contributed by atoms with van der Waals surface area (Å²) in [6.07, 6.45) is 5.65. The molecule has 0 unspecified atom stereocenters. The van der Waals surface area contributed by atoms with Crippen molar-refractivity contribution in [2.24, 2.45) is 0 Å². The van der Waals surface area contributed by atoms with Crippen LogP contribution in [0.3, 0.4) is 0 Å². The van der Waals surface area contributed by atoms with Crippen molar-refractivity contribution < 1.29 is 9.21 Å². The van der Waals surface area contributed by atoms with E-state index in [2.05, 4.69) is 12.2 Å². The second-order valence-electron chi connectivity index (χ2n) is 5.88. The van der Waals surface area contributed by atoms with Crippen LogP contribution in [0.2, 0.25) is 5.02 Å². The standard InChI is InChI=1S/C17H23ClN2O3/c1-3-4-5-6-7-12(2)19-16(21)11-20-14-9-8-13(18)10-15(14)23-17(20)22/h8-10,12H,3-7,11H2,1-2H3,(H,19,21)/t12-/m1/s1. The molecule has 5 nitrogen and oxygen atoms in total. The molecule has 126 valence electrons.